The highest BCUT2D eigenvalue weighted by Gasteiger charge is 2.43. The largest absolute Gasteiger partial charge is 0.349 e. The normalized spacial score (nSPS) is 26.0. The van der Waals surface area contributed by atoms with E-state index in [1.54, 1.807) is 0 Å². The Balaban J connectivity index is 1.61. The third kappa shape index (κ3) is 3.30. The molecule has 0 saturated carbocycles. The van der Waals surface area contributed by atoms with Crippen molar-refractivity contribution in [3.05, 3.63) is 35.6 Å². The molecule has 0 aromatic heterocycles. The summed E-state index contributed by atoms with van der Waals surface area (Å²) in [5.74, 6) is -0.532. The minimum absolute atomic E-state index is 0.00307. The van der Waals surface area contributed by atoms with Gasteiger partial charge in [-0.15, -0.1) is 0 Å². The van der Waals surface area contributed by atoms with Crippen molar-refractivity contribution in [1.82, 2.24) is 15.5 Å². The van der Waals surface area contributed by atoms with Crippen LogP contribution in [0.2, 0.25) is 0 Å². The Kier molecular flexibility index (Phi) is 4.50. The van der Waals surface area contributed by atoms with Crippen LogP contribution in [0.5, 0.6) is 0 Å². The molecule has 1 unspecified atom stereocenters. The minimum Gasteiger partial charge on any atom is -0.349 e. The van der Waals surface area contributed by atoms with E-state index in [1.165, 1.54) is 24.3 Å². The first-order chi connectivity index (χ1) is 11.1. The average molecular weight is 319 g/mol. The summed E-state index contributed by atoms with van der Waals surface area (Å²) in [6.45, 7) is 2.54. The van der Waals surface area contributed by atoms with Crippen LogP contribution in [0.25, 0.3) is 0 Å². The fourth-order valence-corrected chi connectivity index (χ4v) is 3.74. The van der Waals surface area contributed by atoms with E-state index in [1.807, 2.05) is 11.8 Å². The maximum atomic E-state index is 12.9. The van der Waals surface area contributed by atoms with Crippen LogP contribution in [0, 0.1) is 5.82 Å². The average Bonchev–Trinajstić information content (AvgIpc) is 2.79. The number of urea groups is 1. The van der Waals surface area contributed by atoms with Gasteiger partial charge in [0.15, 0.2) is 0 Å². The van der Waals surface area contributed by atoms with E-state index in [4.69, 9.17) is 0 Å². The van der Waals surface area contributed by atoms with Crippen LogP contribution >= 0.6 is 0 Å². The Hall–Kier alpha value is -2.11. The summed E-state index contributed by atoms with van der Waals surface area (Å²) in [4.78, 5) is 26.3. The summed E-state index contributed by atoms with van der Waals surface area (Å²) >= 11 is 0. The van der Waals surface area contributed by atoms with Crippen LogP contribution in [-0.4, -0.2) is 41.5 Å². The smallest absolute Gasteiger partial charge is 0.317 e. The van der Waals surface area contributed by atoms with Gasteiger partial charge in [-0.3, -0.25) is 4.79 Å². The fourth-order valence-electron chi connectivity index (χ4n) is 3.74. The van der Waals surface area contributed by atoms with Gasteiger partial charge in [-0.25, -0.2) is 9.18 Å². The summed E-state index contributed by atoms with van der Waals surface area (Å²) in [6, 6.07) is 6.01. The Morgan fingerprint density at radius 1 is 1.17 bits per heavy atom. The Morgan fingerprint density at radius 3 is 2.35 bits per heavy atom. The van der Waals surface area contributed by atoms with Crippen LogP contribution in [0.4, 0.5) is 9.18 Å². The van der Waals surface area contributed by atoms with Crippen LogP contribution in [-0.2, 0) is 0 Å². The molecule has 3 atom stereocenters. The second kappa shape index (κ2) is 6.56. The molecule has 5 nitrogen and oxygen atoms in total. The molecule has 2 aliphatic rings. The molecule has 3 amide bonds. The van der Waals surface area contributed by atoms with E-state index in [2.05, 4.69) is 10.6 Å². The van der Waals surface area contributed by atoms with E-state index in [9.17, 15) is 14.0 Å². The van der Waals surface area contributed by atoms with Gasteiger partial charge in [0, 0.05) is 30.2 Å². The fraction of sp³-hybridized carbons (Fsp3) is 0.529. The SMILES string of the molecule is CCNC(=O)N1[C@@H]2CC[C@H]1CC(NC(=O)c1ccc(F)cc1)C2. The molecule has 2 fully saturated rings. The molecule has 3 rings (SSSR count). The quantitative estimate of drug-likeness (QED) is 0.898. The lowest BCUT2D eigenvalue weighted by Crippen LogP contribution is -2.55. The molecule has 2 N–H and O–H groups in total. The predicted octanol–water partition coefficient (Wildman–Crippen LogP) is 2.28. The minimum atomic E-state index is -0.352. The first-order valence-corrected chi connectivity index (χ1v) is 8.21. The van der Waals surface area contributed by atoms with Crippen molar-refractivity contribution in [3.8, 4) is 0 Å². The number of halogens is 1. The van der Waals surface area contributed by atoms with Gasteiger partial charge in [-0.2, -0.15) is 0 Å². The highest BCUT2D eigenvalue weighted by atomic mass is 19.1. The second-order valence-electron chi connectivity index (χ2n) is 6.28. The number of rotatable bonds is 3. The molecule has 2 heterocycles. The number of nitrogens with one attached hydrogen (secondary N) is 2. The molecule has 6 heteroatoms. The maximum absolute atomic E-state index is 12.9. The van der Waals surface area contributed by atoms with Gasteiger partial charge in [0.2, 0.25) is 0 Å². The second-order valence-corrected chi connectivity index (χ2v) is 6.28. The monoisotopic (exact) mass is 319 g/mol. The topological polar surface area (TPSA) is 61.4 Å². The molecule has 1 aromatic carbocycles. The third-order valence-corrected chi connectivity index (χ3v) is 4.74. The van der Waals surface area contributed by atoms with E-state index < -0.39 is 0 Å². The number of fused-ring (bicyclic) bond motifs is 2. The van der Waals surface area contributed by atoms with E-state index in [-0.39, 0.29) is 35.9 Å². The number of hydrogen-bond acceptors (Lipinski definition) is 2. The molecule has 2 saturated heterocycles. The molecule has 0 radical (unpaired) electrons. The maximum Gasteiger partial charge on any atom is 0.317 e. The molecule has 2 bridgehead atoms. The van der Waals surface area contributed by atoms with Crippen LogP contribution in [0.1, 0.15) is 43.0 Å². The number of hydrogen-bond donors (Lipinski definition) is 2. The zero-order valence-corrected chi connectivity index (χ0v) is 13.2. The Bertz CT molecular complexity index is 576. The molecule has 23 heavy (non-hydrogen) atoms. The van der Waals surface area contributed by atoms with Crippen molar-refractivity contribution < 1.29 is 14.0 Å². The molecule has 124 valence electrons. The Morgan fingerprint density at radius 2 is 1.78 bits per heavy atom. The van der Waals surface area contributed by atoms with Gasteiger partial charge in [-0.05, 0) is 56.9 Å². The molecular weight excluding hydrogens is 297 g/mol. The first-order valence-electron chi connectivity index (χ1n) is 8.21. The van der Waals surface area contributed by atoms with Crippen LogP contribution in [0.15, 0.2) is 24.3 Å². The van der Waals surface area contributed by atoms with Gasteiger partial charge in [0.25, 0.3) is 5.91 Å². The first kappa shape index (κ1) is 15.8. The van der Waals surface area contributed by atoms with Gasteiger partial charge >= 0.3 is 6.03 Å². The molecule has 1 aromatic rings. The van der Waals surface area contributed by atoms with Gasteiger partial charge in [-0.1, -0.05) is 0 Å². The predicted molar refractivity (Wildman–Crippen MR) is 84.6 cm³/mol. The van der Waals surface area contributed by atoms with Crippen molar-refractivity contribution in [3.63, 3.8) is 0 Å². The zero-order chi connectivity index (χ0) is 16.4. The Labute approximate surface area is 135 Å². The standard InChI is InChI=1S/C17H22FN3O2/c1-2-19-17(23)21-14-7-8-15(21)10-13(9-14)20-16(22)11-3-5-12(18)6-4-11/h3-6,13-15H,2,7-10H2,1H3,(H,19,23)(H,20,22)/t13?,14-,15+. The van der Waals surface area contributed by atoms with Crippen molar-refractivity contribution in [2.45, 2.75) is 50.7 Å². The summed E-state index contributed by atoms with van der Waals surface area (Å²) < 4.78 is 12.9. The number of benzene rings is 1. The van der Waals surface area contributed by atoms with Crippen molar-refractivity contribution in [2.75, 3.05) is 6.54 Å². The number of carbonyl (C=O) groups is 2. The molecule has 0 spiro atoms. The summed E-state index contributed by atoms with van der Waals surface area (Å²) in [5.41, 5.74) is 0.463. The zero-order valence-electron chi connectivity index (χ0n) is 13.2. The molecule has 0 aliphatic carbocycles. The lowest BCUT2D eigenvalue weighted by molar-refractivity contribution is 0.0885. The van der Waals surface area contributed by atoms with Crippen molar-refractivity contribution >= 4 is 11.9 Å². The van der Waals surface area contributed by atoms with Gasteiger partial charge < -0.3 is 15.5 Å². The number of carbonyl (C=O) groups excluding carboxylic acids is 2. The van der Waals surface area contributed by atoms with E-state index in [0.717, 1.165) is 25.7 Å². The number of piperidine rings is 1. The molecule has 2 aliphatic heterocycles. The highest BCUT2D eigenvalue weighted by Crippen LogP contribution is 2.35. The van der Waals surface area contributed by atoms with Crippen molar-refractivity contribution in [2.24, 2.45) is 0 Å². The van der Waals surface area contributed by atoms with Crippen molar-refractivity contribution in [1.29, 1.82) is 0 Å². The van der Waals surface area contributed by atoms with E-state index >= 15 is 0 Å². The number of nitrogens with zero attached hydrogens (tertiary/aromatic N) is 1. The summed E-state index contributed by atoms with van der Waals surface area (Å²) in [6.07, 6.45) is 3.54. The highest BCUT2D eigenvalue weighted by molar-refractivity contribution is 5.94. The molecular formula is C17H22FN3O2. The third-order valence-electron chi connectivity index (χ3n) is 4.74. The lowest BCUT2D eigenvalue weighted by Gasteiger charge is -2.39. The lowest BCUT2D eigenvalue weighted by atomic mass is 9.97. The van der Waals surface area contributed by atoms with Crippen LogP contribution < -0.4 is 10.6 Å². The van der Waals surface area contributed by atoms with Gasteiger partial charge in [0.05, 0.1) is 0 Å². The summed E-state index contributed by atoms with van der Waals surface area (Å²) in [7, 11) is 0. The number of amides is 3. The van der Waals surface area contributed by atoms with Crippen LogP contribution in [0.3, 0.4) is 0 Å². The summed E-state index contributed by atoms with van der Waals surface area (Å²) in [5, 5.41) is 5.89. The van der Waals surface area contributed by atoms with E-state index in [0.29, 0.717) is 12.1 Å². The van der Waals surface area contributed by atoms with Gasteiger partial charge in [0.1, 0.15) is 5.82 Å².